The normalized spacial score (nSPS) is 18.7. The second kappa shape index (κ2) is 8.67. The molecular weight excluding hydrogens is 397 g/mol. The molecule has 154 valence electrons. The first-order valence-electron chi connectivity index (χ1n) is 9.12. The SMILES string of the molecule is O=C(CN1CCN(CC(=O)NC2CC2)CC1)Nc1c(Cl)cccc1C(F)(F)F. The summed E-state index contributed by atoms with van der Waals surface area (Å²) in [6.07, 6.45) is -2.54. The zero-order chi connectivity index (χ0) is 20.3. The van der Waals surface area contributed by atoms with Crippen molar-refractivity contribution < 1.29 is 22.8 Å². The number of nitrogens with one attached hydrogen (secondary N) is 2. The van der Waals surface area contributed by atoms with Crippen LogP contribution >= 0.6 is 11.6 Å². The fraction of sp³-hybridized carbons (Fsp3) is 0.556. The molecule has 2 fully saturated rings. The van der Waals surface area contributed by atoms with Crippen molar-refractivity contribution in [3.63, 3.8) is 0 Å². The lowest BCUT2D eigenvalue weighted by molar-refractivity contribution is -0.137. The molecule has 6 nitrogen and oxygen atoms in total. The molecule has 1 heterocycles. The van der Waals surface area contributed by atoms with Gasteiger partial charge in [0, 0.05) is 32.2 Å². The Morgan fingerprint density at radius 1 is 1.04 bits per heavy atom. The average molecular weight is 419 g/mol. The molecule has 2 N–H and O–H groups in total. The van der Waals surface area contributed by atoms with Crippen molar-refractivity contribution in [1.29, 1.82) is 0 Å². The Hall–Kier alpha value is -1.84. The molecule has 0 unspecified atom stereocenters. The van der Waals surface area contributed by atoms with Gasteiger partial charge in [0.05, 0.1) is 29.4 Å². The highest BCUT2D eigenvalue weighted by molar-refractivity contribution is 6.34. The lowest BCUT2D eigenvalue weighted by Crippen LogP contribution is -2.51. The standard InChI is InChI=1S/C18H22ClF3N4O2/c19-14-3-1-2-13(18(20,21)22)17(14)24-16(28)11-26-8-6-25(7-9-26)10-15(27)23-12-4-5-12/h1-3,12H,4-11H2,(H,23,27)(H,24,28). The summed E-state index contributed by atoms with van der Waals surface area (Å²) >= 11 is 5.86. The van der Waals surface area contributed by atoms with E-state index in [1.165, 1.54) is 12.1 Å². The number of carbonyl (C=O) groups excluding carboxylic acids is 2. The summed E-state index contributed by atoms with van der Waals surface area (Å²) in [6.45, 7) is 2.63. The van der Waals surface area contributed by atoms with E-state index in [-0.39, 0.29) is 17.5 Å². The topological polar surface area (TPSA) is 64.7 Å². The first-order valence-corrected chi connectivity index (χ1v) is 9.50. The van der Waals surface area contributed by atoms with Crippen LogP contribution in [0.3, 0.4) is 0 Å². The van der Waals surface area contributed by atoms with Crippen LogP contribution in [0.15, 0.2) is 18.2 Å². The minimum atomic E-state index is -4.61. The van der Waals surface area contributed by atoms with Crippen LogP contribution in [0.25, 0.3) is 0 Å². The van der Waals surface area contributed by atoms with E-state index in [1.54, 1.807) is 0 Å². The third-order valence-corrected chi connectivity index (χ3v) is 5.04. The molecule has 2 amide bonds. The molecule has 1 aliphatic heterocycles. The molecule has 1 saturated carbocycles. The Labute approximate surface area is 166 Å². The quantitative estimate of drug-likeness (QED) is 0.743. The maximum Gasteiger partial charge on any atom is 0.418 e. The van der Waals surface area contributed by atoms with Gasteiger partial charge in [-0.1, -0.05) is 17.7 Å². The van der Waals surface area contributed by atoms with E-state index in [4.69, 9.17) is 11.6 Å². The summed E-state index contributed by atoms with van der Waals surface area (Å²) in [4.78, 5) is 27.9. The van der Waals surface area contributed by atoms with E-state index in [0.717, 1.165) is 18.9 Å². The van der Waals surface area contributed by atoms with Crippen LogP contribution in [-0.2, 0) is 15.8 Å². The molecular formula is C18H22ClF3N4O2. The molecule has 1 saturated heterocycles. The Morgan fingerprint density at radius 3 is 2.14 bits per heavy atom. The van der Waals surface area contributed by atoms with Gasteiger partial charge in [0.15, 0.2) is 0 Å². The molecule has 0 atom stereocenters. The van der Waals surface area contributed by atoms with Crippen LogP contribution < -0.4 is 10.6 Å². The van der Waals surface area contributed by atoms with Gasteiger partial charge in [0.1, 0.15) is 0 Å². The zero-order valence-electron chi connectivity index (χ0n) is 15.2. The first kappa shape index (κ1) is 20.9. The van der Waals surface area contributed by atoms with Gasteiger partial charge in [-0.05, 0) is 25.0 Å². The number of halogens is 4. The summed E-state index contributed by atoms with van der Waals surface area (Å²) in [7, 11) is 0. The van der Waals surface area contributed by atoms with E-state index < -0.39 is 23.3 Å². The average Bonchev–Trinajstić information content (AvgIpc) is 3.41. The number of alkyl halides is 3. The Morgan fingerprint density at radius 2 is 1.61 bits per heavy atom. The second-order valence-corrected chi connectivity index (χ2v) is 7.51. The minimum absolute atomic E-state index is 0.00657. The number of para-hydroxylation sites is 1. The van der Waals surface area contributed by atoms with Gasteiger partial charge < -0.3 is 10.6 Å². The maximum absolute atomic E-state index is 13.1. The highest BCUT2D eigenvalue weighted by Gasteiger charge is 2.35. The molecule has 1 aliphatic carbocycles. The number of piperazine rings is 1. The predicted octanol–water partition coefficient (Wildman–Crippen LogP) is 2.19. The van der Waals surface area contributed by atoms with Crippen molar-refractivity contribution in [2.45, 2.75) is 25.1 Å². The number of nitrogens with zero attached hydrogens (tertiary/aromatic N) is 2. The van der Waals surface area contributed by atoms with Crippen LogP contribution in [0.1, 0.15) is 18.4 Å². The molecule has 10 heteroatoms. The highest BCUT2D eigenvalue weighted by atomic mass is 35.5. The summed E-state index contributed by atoms with van der Waals surface area (Å²) < 4.78 is 39.3. The molecule has 2 aliphatic rings. The Balaban J connectivity index is 1.48. The smallest absolute Gasteiger partial charge is 0.352 e. The summed E-state index contributed by atoms with van der Waals surface area (Å²) in [5.41, 5.74) is -1.39. The molecule has 28 heavy (non-hydrogen) atoms. The molecule has 1 aromatic carbocycles. The van der Waals surface area contributed by atoms with Gasteiger partial charge in [-0.15, -0.1) is 0 Å². The van der Waals surface area contributed by atoms with Crippen LogP contribution in [0, 0.1) is 0 Å². The number of anilines is 1. The van der Waals surface area contributed by atoms with Gasteiger partial charge in [0.2, 0.25) is 11.8 Å². The number of carbonyl (C=O) groups is 2. The number of amides is 2. The number of benzene rings is 1. The van der Waals surface area contributed by atoms with Gasteiger partial charge in [-0.3, -0.25) is 19.4 Å². The van der Waals surface area contributed by atoms with E-state index in [1.807, 2.05) is 9.80 Å². The van der Waals surface area contributed by atoms with Crippen LogP contribution in [0.2, 0.25) is 5.02 Å². The van der Waals surface area contributed by atoms with Gasteiger partial charge in [0.25, 0.3) is 0 Å². The van der Waals surface area contributed by atoms with E-state index in [9.17, 15) is 22.8 Å². The minimum Gasteiger partial charge on any atom is -0.352 e. The third-order valence-electron chi connectivity index (χ3n) is 4.73. The van der Waals surface area contributed by atoms with Crippen molar-refractivity contribution in [2.24, 2.45) is 0 Å². The van der Waals surface area contributed by atoms with Crippen molar-refractivity contribution in [2.75, 3.05) is 44.6 Å². The molecule has 0 spiro atoms. The van der Waals surface area contributed by atoms with Gasteiger partial charge >= 0.3 is 6.18 Å². The van der Waals surface area contributed by atoms with Crippen molar-refractivity contribution in [3.8, 4) is 0 Å². The lowest BCUT2D eigenvalue weighted by Gasteiger charge is -2.33. The third kappa shape index (κ3) is 5.83. The van der Waals surface area contributed by atoms with E-state index in [0.29, 0.717) is 38.8 Å². The molecule has 1 aromatic rings. The molecule has 0 radical (unpaired) electrons. The monoisotopic (exact) mass is 418 g/mol. The molecule has 0 aromatic heterocycles. The van der Waals surface area contributed by atoms with Crippen LogP contribution in [0.5, 0.6) is 0 Å². The van der Waals surface area contributed by atoms with Crippen LogP contribution in [-0.4, -0.2) is 66.9 Å². The van der Waals surface area contributed by atoms with Crippen molar-refractivity contribution in [3.05, 3.63) is 28.8 Å². The van der Waals surface area contributed by atoms with Crippen molar-refractivity contribution in [1.82, 2.24) is 15.1 Å². The second-order valence-electron chi connectivity index (χ2n) is 7.10. The fourth-order valence-corrected chi connectivity index (χ4v) is 3.30. The van der Waals surface area contributed by atoms with Gasteiger partial charge in [-0.2, -0.15) is 13.2 Å². The van der Waals surface area contributed by atoms with Crippen molar-refractivity contribution >= 4 is 29.1 Å². The Bertz CT molecular complexity index is 732. The summed E-state index contributed by atoms with van der Waals surface area (Å²) in [6, 6.07) is 3.70. The molecule has 3 rings (SSSR count). The summed E-state index contributed by atoms with van der Waals surface area (Å²) in [5, 5.41) is 5.07. The number of hydrogen-bond acceptors (Lipinski definition) is 4. The van der Waals surface area contributed by atoms with E-state index >= 15 is 0 Å². The number of rotatable bonds is 6. The Kier molecular flexibility index (Phi) is 6.47. The van der Waals surface area contributed by atoms with Crippen LogP contribution in [0.4, 0.5) is 18.9 Å². The van der Waals surface area contributed by atoms with E-state index in [2.05, 4.69) is 10.6 Å². The largest absolute Gasteiger partial charge is 0.418 e. The number of hydrogen-bond donors (Lipinski definition) is 2. The maximum atomic E-state index is 13.1. The first-order chi connectivity index (χ1) is 13.2. The fourth-order valence-electron chi connectivity index (χ4n) is 3.08. The van der Waals surface area contributed by atoms with Gasteiger partial charge in [-0.25, -0.2) is 0 Å². The zero-order valence-corrected chi connectivity index (χ0v) is 15.9. The lowest BCUT2D eigenvalue weighted by atomic mass is 10.1. The summed E-state index contributed by atoms with van der Waals surface area (Å²) in [5.74, 6) is -0.550. The molecule has 0 bridgehead atoms. The highest BCUT2D eigenvalue weighted by Crippen LogP contribution is 2.38. The predicted molar refractivity (Wildman–Crippen MR) is 99.1 cm³/mol.